The highest BCUT2D eigenvalue weighted by Crippen LogP contribution is 2.37. The molecule has 0 unspecified atom stereocenters. The van der Waals surface area contributed by atoms with E-state index in [1.165, 1.54) is 10.8 Å². The molecule has 0 atom stereocenters. The highest BCUT2D eigenvalue weighted by molar-refractivity contribution is 6.10. The van der Waals surface area contributed by atoms with Crippen molar-refractivity contribution in [2.24, 2.45) is 7.05 Å². The van der Waals surface area contributed by atoms with Gasteiger partial charge in [-0.25, -0.2) is 4.98 Å². The number of rotatable bonds is 4. The summed E-state index contributed by atoms with van der Waals surface area (Å²) >= 11 is 0. The van der Waals surface area contributed by atoms with Crippen LogP contribution in [0, 0.1) is 0 Å². The Morgan fingerprint density at radius 3 is 2.24 bits per heavy atom. The van der Waals surface area contributed by atoms with Crippen LogP contribution in [0.4, 0.5) is 0 Å². The van der Waals surface area contributed by atoms with Crippen LogP contribution in [-0.2, 0) is 7.05 Å². The highest BCUT2D eigenvalue weighted by atomic mass is 15.1. The molecule has 0 saturated heterocycles. The molecule has 0 fully saturated rings. The fraction of sp³-hybridized carbons (Fsp3) is 0.0278. The van der Waals surface area contributed by atoms with Crippen molar-refractivity contribution in [1.29, 1.82) is 0 Å². The molecule has 5 heteroatoms. The molecule has 0 spiro atoms. The summed E-state index contributed by atoms with van der Waals surface area (Å²) in [6.07, 6.45) is 3.67. The molecular weight excluding hydrogens is 502 g/mol. The quantitative estimate of drug-likeness (QED) is 0.231. The second-order valence-corrected chi connectivity index (χ2v) is 10.2. The number of para-hydroxylation sites is 3. The van der Waals surface area contributed by atoms with Crippen LogP contribution >= 0.6 is 0 Å². The maximum absolute atomic E-state index is 4.98. The van der Waals surface area contributed by atoms with Crippen molar-refractivity contribution in [3.63, 3.8) is 0 Å². The van der Waals surface area contributed by atoms with Crippen LogP contribution < -0.4 is 0 Å². The lowest BCUT2D eigenvalue weighted by Crippen LogP contribution is -1.97. The maximum Gasteiger partial charge on any atom is 0.140 e. The molecule has 4 aromatic heterocycles. The lowest BCUT2D eigenvalue weighted by molar-refractivity contribution is 0.959. The van der Waals surface area contributed by atoms with Crippen molar-refractivity contribution in [2.45, 2.75) is 0 Å². The zero-order valence-corrected chi connectivity index (χ0v) is 22.4. The molecule has 4 heterocycles. The summed E-state index contributed by atoms with van der Waals surface area (Å²) in [4.78, 5) is 14.4. The molecule has 194 valence electrons. The van der Waals surface area contributed by atoms with E-state index in [1.807, 2.05) is 42.7 Å². The first-order valence-electron chi connectivity index (χ1n) is 13.7. The molecular formula is C36H25N5. The number of aryl methyl sites for hydroxylation is 1. The number of aromatic nitrogens is 5. The Morgan fingerprint density at radius 1 is 0.561 bits per heavy atom. The van der Waals surface area contributed by atoms with Gasteiger partial charge in [0.05, 0.1) is 33.5 Å². The SMILES string of the molecule is Cn1c(-c2ccc3c4ccccc4n(-c4cccc(-c5ncccc5-c5ccccn5)c4)c3c2)nc2ccccc21. The van der Waals surface area contributed by atoms with E-state index >= 15 is 0 Å². The number of fused-ring (bicyclic) bond motifs is 4. The van der Waals surface area contributed by atoms with Crippen LogP contribution in [0.1, 0.15) is 0 Å². The zero-order chi connectivity index (χ0) is 27.3. The van der Waals surface area contributed by atoms with Crippen LogP contribution in [0.2, 0.25) is 0 Å². The summed E-state index contributed by atoms with van der Waals surface area (Å²) in [5.41, 5.74) is 10.4. The van der Waals surface area contributed by atoms with Crippen LogP contribution in [0.15, 0.2) is 134 Å². The first-order chi connectivity index (χ1) is 20.3. The normalized spacial score (nSPS) is 11.5. The fourth-order valence-corrected chi connectivity index (χ4v) is 5.95. The van der Waals surface area contributed by atoms with Crippen LogP contribution in [-0.4, -0.2) is 24.1 Å². The van der Waals surface area contributed by atoms with Gasteiger partial charge >= 0.3 is 0 Å². The van der Waals surface area contributed by atoms with Gasteiger partial charge in [-0.15, -0.1) is 0 Å². The van der Waals surface area contributed by atoms with Crippen LogP contribution in [0.25, 0.3) is 72.4 Å². The largest absolute Gasteiger partial charge is 0.327 e. The first kappa shape index (κ1) is 23.3. The number of pyridine rings is 2. The molecule has 0 bridgehead atoms. The Hall–Kier alpha value is -5.55. The number of benzene rings is 4. The average molecular weight is 528 g/mol. The number of imidazole rings is 1. The summed E-state index contributed by atoms with van der Waals surface area (Å²) < 4.78 is 4.52. The van der Waals surface area contributed by atoms with Gasteiger partial charge in [-0.2, -0.15) is 0 Å². The van der Waals surface area contributed by atoms with Crippen molar-refractivity contribution in [1.82, 2.24) is 24.1 Å². The van der Waals surface area contributed by atoms with E-state index in [0.29, 0.717) is 0 Å². The predicted octanol–water partition coefficient (Wildman–Crippen LogP) is 8.46. The Morgan fingerprint density at radius 2 is 1.37 bits per heavy atom. The van der Waals surface area contributed by atoms with Gasteiger partial charge < -0.3 is 9.13 Å². The average Bonchev–Trinajstić information content (AvgIpc) is 3.56. The Labute approximate surface area is 237 Å². The Bertz CT molecular complexity index is 2220. The molecule has 41 heavy (non-hydrogen) atoms. The van der Waals surface area contributed by atoms with Crippen molar-refractivity contribution < 1.29 is 0 Å². The van der Waals surface area contributed by atoms with Gasteiger partial charge in [0.1, 0.15) is 5.82 Å². The van der Waals surface area contributed by atoms with Gasteiger partial charge in [-0.05, 0) is 60.7 Å². The van der Waals surface area contributed by atoms with E-state index in [1.54, 1.807) is 0 Å². The summed E-state index contributed by atoms with van der Waals surface area (Å²) in [6.45, 7) is 0. The van der Waals surface area contributed by atoms with Gasteiger partial charge in [0, 0.05) is 52.6 Å². The van der Waals surface area contributed by atoms with E-state index in [-0.39, 0.29) is 0 Å². The molecule has 0 aliphatic rings. The lowest BCUT2D eigenvalue weighted by Gasteiger charge is -2.12. The molecule has 5 nitrogen and oxygen atoms in total. The van der Waals surface area contributed by atoms with E-state index in [9.17, 15) is 0 Å². The van der Waals surface area contributed by atoms with Gasteiger partial charge in [0.2, 0.25) is 0 Å². The Balaban J connectivity index is 1.35. The fourth-order valence-electron chi connectivity index (χ4n) is 5.95. The highest BCUT2D eigenvalue weighted by Gasteiger charge is 2.17. The molecule has 0 aliphatic heterocycles. The second-order valence-electron chi connectivity index (χ2n) is 10.2. The van der Waals surface area contributed by atoms with Crippen molar-refractivity contribution >= 4 is 32.8 Å². The summed E-state index contributed by atoms with van der Waals surface area (Å²) in [5, 5.41) is 2.43. The third kappa shape index (κ3) is 3.74. The molecule has 4 aromatic carbocycles. The molecule has 0 aliphatic carbocycles. The molecule has 0 radical (unpaired) electrons. The van der Waals surface area contributed by atoms with Crippen LogP contribution in [0.3, 0.4) is 0 Å². The molecule has 0 amide bonds. The Kier molecular flexibility index (Phi) is 5.28. The molecule has 0 N–H and O–H groups in total. The predicted molar refractivity (Wildman–Crippen MR) is 167 cm³/mol. The minimum atomic E-state index is 0.907. The van der Waals surface area contributed by atoms with Gasteiger partial charge in [0.15, 0.2) is 0 Å². The zero-order valence-electron chi connectivity index (χ0n) is 22.4. The third-order valence-electron chi connectivity index (χ3n) is 7.85. The number of nitrogens with zero attached hydrogens (tertiary/aromatic N) is 5. The van der Waals surface area contributed by atoms with E-state index in [4.69, 9.17) is 9.97 Å². The van der Waals surface area contributed by atoms with Crippen molar-refractivity contribution in [3.05, 3.63) is 134 Å². The van der Waals surface area contributed by atoms with E-state index in [0.717, 1.165) is 61.7 Å². The molecule has 0 saturated carbocycles. The maximum atomic E-state index is 4.98. The van der Waals surface area contributed by atoms with E-state index in [2.05, 4.69) is 112 Å². The minimum Gasteiger partial charge on any atom is -0.327 e. The summed E-state index contributed by atoms with van der Waals surface area (Å²) in [6, 6.07) is 42.2. The first-order valence-corrected chi connectivity index (χ1v) is 13.7. The van der Waals surface area contributed by atoms with Gasteiger partial charge in [0.25, 0.3) is 0 Å². The molecule has 8 aromatic rings. The van der Waals surface area contributed by atoms with Crippen molar-refractivity contribution in [3.8, 4) is 39.6 Å². The monoisotopic (exact) mass is 527 g/mol. The third-order valence-corrected chi connectivity index (χ3v) is 7.85. The van der Waals surface area contributed by atoms with E-state index < -0.39 is 0 Å². The van der Waals surface area contributed by atoms with Gasteiger partial charge in [-0.1, -0.05) is 60.7 Å². The lowest BCUT2D eigenvalue weighted by atomic mass is 10.0. The summed E-state index contributed by atoms with van der Waals surface area (Å²) in [7, 11) is 2.08. The number of hydrogen-bond donors (Lipinski definition) is 0. The van der Waals surface area contributed by atoms with Crippen LogP contribution in [0.5, 0.6) is 0 Å². The standard InChI is InChI=1S/C36H25N5/c1-40-33-17-5-3-15-31(33)39-36(40)25-18-19-28-27-12-2-4-16-32(27)41(34(28)23-25)26-11-8-10-24(22-26)35-29(13-9-21-38-35)30-14-6-7-20-37-30/h2-23H,1H3. The summed E-state index contributed by atoms with van der Waals surface area (Å²) in [5.74, 6) is 0.951. The van der Waals surface area contributed by atoms with Crippen molar-refractivity contribution in [2.75, 3.05) is 0 Å². The molecule has 8 rings (SSSR count). The minimum absolute atomic E-state index is 0.907. The topological polar surface area (TPSA) is 48.5 Å². The number of hydrogen-bond acceptors (Lipinski definition) is 3. The van der Waals surface area contributed by atoms with Gasteiger partial charge in [-0.3, -0.25) is 9.97 Å². The second kappa shape index (κ2) is 9.28. The smallest absolute Gasteiger partial charge is 0.140 e.